The zero-order chi connectivity index (χ0) is 23.6. The van der Waals surface area contributed by atoms with E-state index in [4.69, 9.17) is 0 Å². The first-order valence-electron chi connectivity index (χ1n) is 11.3. The van der Waals surface area contributed by atoms with Crippen LogP contribution in [-0.2, 0) is 27.1 Å². The smallest absolute Gasteiger partial charge is 0.272 e. The lowest BCUT2D eigenvalue weighted by atomic mass is 10.2. The van der Waals surface area contributed by atoms with Crippen LogP contribution >= 0.6 is 0 Å². The predicted molar refractivity (Wildman–Crippen MR) is 125 cm³/mol. The summed E-state index contributed by atoms with van der Waals surface area (Å²) in [5.41, 5.74) is 0.633. The zero-order valence-corrected chi connectivity index (χ0v) is 20.4. The minimum absolute atomic E-state index is 0.0935. The van der Waals surface area contributed by atoms with Crippen LogP contribution in [0.4, 0.5) is 5.69 Å². The summed E-state index contributed by atoms with van der Waals surface area (Å²) < 4.78 is 55.9. The third-order valence-corrected chi connectivity index (χ3v) is 10.0. The number of rotatable bonds is 6. The van der Waals surface area contributed by atoms with Crippen molar-refractivity contribution >= 4 is 31.6 Å². The number of hydrogen-bond donors (Lipinski definition) is 1. The highest BCUT2D eigenvalue weighted by Crippen LogP contribution is 2.24. The molecule has 1 aromatic carbocycles. The molecule has 3 heterocycles. The molecule has 1 amide bonds. The van der Waals surface area contributed by atoms with Crippen molar-refractivity contribution in [2.75, 3.05) is 31.5 Å². The van der Waals surface area contributed by atoms with Gasteiger partial charge in [-0.3, -0.25) is 4.79 Å². The molecule has 33 heavy (non-hydrogen) atoms. The number of hydrogen-bond acceptors (Lipinski definition) is 5. The van der Waals surface area contributed by atoms with Gasteiger partial charge >= 0.3 is 0 Å². The Labute approximate surface area is 195 Å². The SMILES string of the molecule is Cn1cc(S(=O)(=O)N2CCCC2)cc1C(=O)Nc1ccc(S(=O)(=O)N2CCCCCC2)cc1. The number of aryl methyl sites for hydroxylation is 1. The van der Waals surface area contributed by atoms with Crippen molar-refractivity contribution in [3.05, 3.63) is 42.2 Å². The van der Waals surface area contributed by atoms with Crippen LogP contribution in [0.1, 0.15) is 49.0 Å². The quantitative estimate of drug-likeness (QED) is 0.664. The van der Waals surface area contributed by atoms with Crippen molar-refractivity contribution in [3.8, 4) is 0 Å². The van der Waals surface area contributed by atoms with Crippen molar-refractivity contribution in [1.29, 1.82) is 0 Å². The summed E-state index contributed by atoms with van der Waals surface area (Å²) in [5, 5.41) is 2.72. The van der Waals surface area contributed by atoms with Gasteiger partial charge in [-0.2, -0.15) is 8.61 Å². The Morgan fingerprint density at radius 2 is 1.24 bits per heavy atom. The van der Waals surface area contributed by atoms with E-state index in [0.717, 1.165) is 38.5 Å². The van der Waals surface area contributed by atoms with E-state index in [1.165, 1.54) is 37.6 Å². The van der Waals surface area contributed by atoms with Crippen LogP contribution in [-0.4, -0.2) is 62.1 Å². The average Bonchev–Trinajstić information content (AvgIpc) is 3.38. The number of nitrogens with zero attached hydrogens (tertiary/aromatic N) is 3. The number of anilines is 1. The van der Waals surface area contributed by atoms with Gasteiger partial charge in [0.15, 0.2) is 0 Å². The Morgan fingerprint density at radius 1 is 0.758 bits per heavy atom. The lowest BCUT2D eigenvalue weighted by Crippen LogP contribution is -2.31. The Bertz CT molecular complexity index is 1210. The molecule has 0 spiro atoms. The molecule has 0 bridgehead atoms. The van der Waals surface area contributed by atoms with Crippen LogP contribution in [0.2, 0.25) is 0 Å². The molecule has 2 aromatic rings. The summed E-state index contributed by atoms with van der Waals surface area (Å²) in [5.74, 6) is -0.469. The molecular formula is C22H30N4O5S2. The van der Waals surface area contributed by atoms with Gasteiger partial charge in [-0.05, 0) is 56.0 Å². The van der Waals surface area contributed by atoms with Gasteiger partial charge in [0.25, 0.3) is 5.91 Å². The first kappa shape index (κ1) is 23.9. The monoisotopic (exact) mass is 494 g/mol. The van der Waals surface area contributed by atoms with Crippen LogP contribution in [0.15, 0.2) is 46.3 Å². The second-order valence-electron chi connectivity index (χ2n) is 8.58. The molecule has 180 valence electrons. The molecular weight excluding hydrogens is 464 g/mol. The molecule has 0 saturated carbocycles. The van der Waals surface area contributed by atoms with Crippen molar-refractivity contribution < 1.29 is 21.6 Å². The summed E-state index contributed by atoms with van der Waals surface area (Å²) in [6.45, 7) is 2.03. The number of sulfonamides is 2. The summed E-state index contributed by atoms with van der Waals surface area (Å²) in [7, 11) is -5.57. The average molecular weight is 495 g/mol. The van der Waals surface area contributed by atoms with Gasteiger partial charge in [0.1, 0.15) is 10.6 Å². The second-order valence-corrected chi connectivity index (χ2v) is 12.5. The van der Waals surface area contributed by atoms with E-state index < -0.39 is 26.0 Å². The molecule has 0 atom stereocenters. The Balaban J connectivity index is 1.47. The van der Waals surface area contributed by atoms with Gasteiger partial charge in [-0.25, -0.2) is 16.8 Å². The van der Waals surface area contributed by atoms with Crippen LogP contribution in [0.5, 0.6) is 0 Å². The predicted octanol–water partition coefficient (Wildman–Crippen LogP) is 2.63. The van der Waals surface area contributed by atoms with Gasteiger partial charge in [0.05, 0.1) is 4.90 Å². The Hall–Kier alpha value is -2.21. The highest BCUT2D eigenvalue weighted by molar-refractivity contribution is 7.89. The Morgan fingerprint density at radius 3 is 1.79 bits per heavy atom. The summed E-state index contributed by atoms with van der Waals surface area (Å²) >= 11 is 0. The first-order chi connectivity index (χ1) is 15.7. The molecule has 1 N–H and O–H groups in total. The molecule has 0 unspecified atom stereocenters. The maximum Gasteiger partial charge on any atom is 0.272 e. The fourth-order valence-corrected chi connectivity index (χ4v) is 7.42. The highest BCUT2D eigenvalue weighted by atomic mass is 32.2. The summed E-state index contributed by atoms with van der Waals surface area (Å²) in [6.07, 6.45) is 6.92. The van der Waals surface area contributed by atoms with E-state index in [2.05, 4.69) is 5.32 Å². The second kappa shape index (κ2) is 9.57. The molecule has 2 fully saturated rings. The zero-order valence-electron chi connectivity index (χ0n) is 18.7. The number of aromatic nitrogens is 1. The molecule has 4 rings (SSSR count). The number of benzene rings is 1. The van der Waals surface area contributed by atoms with Crippen molar-refractivity contribution in [3.63, 3.8) is 0 Å². The minimum atomic E-state index is -3.62. The van der Waals surface area contributed by atoms with Gasteiger partial charge in [0.2, 0.25) is 20.0 Å². The van der Waals surface area contributed by atoms with Crippen LogP contribution < -0.4 is 5.32 Å². The highest BCUT2D eigenvalue weighted by Gasteiger charge is 2.30. The Kier molecular flexibility index (Phi) is 6.94. The third kappa shape index (κ3) is 5.01. The molecule has 11 heteroatoms. The van der Waals surface area contributed by atoms with Gasteiger partial charge < -0.3 is 9.88 Å². The number of amides is 1. The topological polar surface area (TPSA) is 109 Å². The molecule has 2 saturated heterocycles. The maximum atomic E-state index is 12.9. The number of carbonyl (C=O) groups is 1. The largest absolute Gasteiger partial charge is 0.345 e. The van der Waals surface area contributed by atoms with Crippen LogP contribution in [0.25, 0.3) is 0 Å². The molecule has 0 radical (unpaired) electrons. The van der Waals surface area contributed by atoms with E-state index in [9.17, 15) is 21.6 Å². The van der Waals surface area contributed by atoms with Crippen molar-refractivity contribution in [1.82, 2.24) is 13.2 Å². The fourth-order valence-electron chi connectivity index (χ4n) is 4.32. The van der Waals surface area contributed by atoms with E-state index in [1.807, 2.05) is 0 Å². The van der Waals surface area contributed by atoms with Gasteiger partial charge in [0, 0.05) is 45.1 Å². The van der Waals surface area contributed by atoms with Gasteiger partial charge in [-0.15, -0.1) is 0 Å². The van der Waals surface area contributed by atoms with Crippen LogP contribution in [0, 0.1) is 0 Å². The number of carbonyl (C=O) groups excluding carboxylic acids is 1. The van der Waals surface area contributed by atoms with Crippen molar-refractivity contribution in [2.24, 2.45) is 7.05 Å². The van der Waals surface area contributed by atoms with E-state index in [1.54, 1.807) is 19.2 Å². The minimum Gasteiger partial charge on any atom is -0.345 e. The third-order valence-electron chi connectivity index (χ3n) is 6.23. The van der Waals surface area contributed by atoms with E-state index >= 15 is 0 Å². The maximum absolute atomic E-state index is 12.9. The molecule has 1 aromatic heterocycles. The van der Waals surface area contributed by atoms with Crippen molar-refractivity contribution in [2.45, 2.75) is 48.3 Å². The standard InChI is InChI=1S/C22H30N4O5S2/c1-24-17-20(33(30,31)26-14-6-7-15-26)16-21(24)22(27)23-18-8-10-19(11-9-18)32(28,29)25-12-4-2-3-5-13-25/h8-11,16-17H,2-7,12-15H2,1H3,(H,23,27). The lowest BCUT2D eigenvalue weighted by molar-refractivity contribution is 0.101. The molecule has 2 aliphatic heterocycles. The normalized spacial score (nSPS) is 18.8. The summed E-state index contributed by atoms with van der Waals surface area (Å²) in [6, 6.07) is 7.45. The van der Waals surface area contributed by atoms with E-state index in [-0.39, 0.29) is 15.5 Å². The number of nitrogens with one attached hydrogen (secondary N) is 1. The van der Waals surface area contributed by atoms with Gasteiger partial charge in [-0.1, -0.05) is 12.8 Å². The summed E-state index contributed by atoms with van der Waals surface area (Å²) in [4.78, 5) is 13.1. The lowest BCUT2D eigenvalue weighted by Gasteiger charge is -2.20. The first-order valence-corrected chi connectivity index (χ1v) is 14.2. The van der Waals surface area contributed by atoms with Crippen LogP contribution in [0.3, 0.4) is 0 Å². The molecule has 9 nitrogen and oxygen atoms in total. The molecule has 2 aliphatic rings. The van der Waals surface area contributed by atoms with E-state index in [0.29, 0.717) is 31.9 Å². The fraction of sp³-hybridized carbons (Fsp3) is 0.500. The molecule has 0 aliphatic carbocycles.